The second-order valence-corrected chi connectivity index (χ2v) is 9.81. The number of nitrogens with one attached hydrogen (secondary N) is 2. The highest BCUT2D eigenvalue weighted by Gasteiger charge is 2.30. The average molecular weight is 526 g/mol. The van der Waals surface area contributed by atoms with Gasteiger partial charge in [0.25, 0.3) is 5.91 Å². The second kappa shape index (κ2) is 10.6. The van der Waals surface area contributed by atoms with E-state index < -0.39 is 0 Å². The first-order valence-electron chi connectivity index (χ1n) is 11.5. The fraction of sp³-hybridized carbons (Fsp3) is 0.320. The molecule has 0 bridgehead atoms. The van der Waals surface area contributed by atoms with Crippen LogP contribution < -0.4 is 10.6 Å². The molecule has 0 unspecified atom stereocenters. The quantitative estimate of drug-likeness (QED) is 0.455. The van der Waals surface area contributed by atoms with Crippen molar-refractivity contribution in [1.29, 1.82) is 0 Å². The van der Waals surface area contributed by atoms with Crippen LogP contribution in [0.15, 0.2) is 29.3 Å². The van der Waals surface area contributed by atoms with Crippen LogP contribution in [-0.2, 0) is 12.8 Å². The number of hydrogen-bond acceptors (Lipinski definition) is 6. The number of hydrogen-bond donors (Lipinski definition) is 2. The normalized spacial score (nSPS) is 12.9. The number of allylic oxidation sites excluding steroid dienone is 2. The van der Waals surface area contributed by atoms with E-state index in [1.807, 2.05) is 17.0 Å². The molecule has 9 nitrogen and oxygen atoms in total. The van der Waals surface area contributed by atoms with Gasteiger partial charge < -0.3 is 10.2 Å². The zero-order chi connectivity index (χ0) is 26.0. The van der Waals surface area contributed by atoms with Gasteiger partial charge in [-0.25, -0.2) is 14.5 Å². The summed E-state index contributed by atoms with van der Waals surface area (Å²) in [6.07, 6.45) is 6.23. The number of aryl methyl sites for hydroxylation is 1. The van der Waals surface area contributed by atoms with Crippen molar-refractivity contribution in [1.82, 2.24) is 25.0 Å². The van der Waals surface area contributed by atoms with E-state index in [1.165, 1.54) is 16.2 Å². The topological polar surface area (TPSA) is 105 Å². The van der Waals surface area contributed by atoms with Crippen LogP contribution >= 0.6 is 22.9 Å². The molecular formula is C25H28ClN7O2S. The third-order valence-electron chi connectivity index (χ3n) is 5.75. The molecule has 11 heteroatoms. The molecule has 36 heavy (non-hydrogen) atoms. The van der Waals surface area contributed by atoms with Crippen LogP contribution in [-0.4, -0.2) is 66.0 Å². The molecule has 188 valence electrons. The van der Waals surface area contributed by atoms with E-state index in [0.29, 0.717) is 15.7 Å². The molecule has 0 atom stereocenters. The van der Waals surface area contributed by atoms with E-state index in [2.05, 4.69) is 33.6 Å². The van der Waals surface area contributed by atoms with Crippen molar-refractivity contribution in [3.63, 3.8) is 0 Å². The number of nitrogens with zero attached hydrogens (tertiary/aromatic N) is 5. The molecule has 0 saturated carbocycles. The SMILES string of the molecule is CC/C=C(\C=NC)c1nn(-c2ccc(C(=O)N(C)C)c(Cl)c2)c2c1CCc1nc(NC(=O)NC)sc1-2. The summed E-state index contributed by atoms with van der Waals surface area (Å²) in [7, 11) is 6.68. The van der Waals surface area contributed by atoms with E-state index in [-0.39, 0.29) is 11.9 Å². The minimum absolute atomic E-state index is 0.170. The maximum absolute atomic E-state index is 12.5. The van der Waals surface area contributed by atoms with Gasteiger partial charge in [-0.3, -0.25) is 15.1 Å². The number of halogens is 1. The van der Waals surface area contributed by atoms with Crippen molar-refractivity contribution in [2.75, 3.05) is 33.5 Å². The Balaban J connectivity index is 1.92. The summed E-state index contributed by atoms with van der Waals surface area (Å²) in [5, 5.41) is 11.2. The summed E-state index contributed by atoms with van der Waals surface area (Å²) >= 11 is 7.97. The van der Waals surface area contributed by atoms with Gasteiger partial charge in [-0.1, -0.05) is 35.9 Å². The Morgan fingerprint density at radius 2 is 2.08 bits per heavy atom. The van der Waals surface area contributed by atoms with Gasteiger partial charge >= 0.3 is 6.03 Å². The van der Waals surface area contributed by atoms with Crippen molar-refractivity contribution in [2.45, 2.75) is 26.2 Å². The van der Waals surface area contributed by atoms with E-state index in [4.69, 9.17) is 16.7 Å². The smallest absolute Gasteiger partial charge is 0.320 e. The monoisotopic (exact) mass is 525 g/mol. The summed E-state index contributed by atoms with van der Waals surface area (Å²) in [5.74, 6) is -0.170. The summed E-state index contributed by atoms with van der Waals surface area (Å²) in [4.78, 5) is 35.7. The largest absolute Gasteiger partial charge is 0.345 e. The maximum atomic E-state index is 12.5. The molecule has 0 spiro atoms. The number of aliphatic imine (C=N–C) groups is 1. The van der Waals surface area contributed by atoms with E-state index in [0.717, 1.165) is 58.0 Å². The van der Waals surface area contributed by atoms with Gasteiger partial charge in [-0.05, 0) is 37.5 Å². The molecule has 2 heterocycles. The van der Waals surface area contributed by atoms with Crippen LogP contribution in [0.2, 0.25) is 5.02 Å². The molecule has 2 aromatic heterocycles. The van der Waals surface area contributed by atoms with E-state index in [1.54, 1.807) is 40.3 Å². The minimum atomic E-state index is -0.323. The number of anilines is 1. The van der Waals surface area contributed by atoms with Gasteiger partial charge in [0.15, 0.2) is 5.13 Å². The van der Waals surface area contributed by atoms with Crippen LogP contribution in [0.4, 0.5) is 9.93 Å². The van der Waals surface area contributed by atoms with Crippen molar-refractivity contribution in [2.24, 2.45) is 4.99 Å². The van der Waals surface area contributed by atoms with Crippen molar-refractivity contribution < 1.29 is 9.59 Å². The first kappa shape index (κ1) is 25.6. The molecule has 1 aliphatic carbocycles. The Morgan fingerprint density at radius 1 is 1.31 bits per heavy atom. The number of thiazole rings is 1. The Hall–Kier alpha value is -3.50. The van der Waals surface area contributed by atoms with Crippen LogP contribution in [0.1, 0.15) is 40.7 Å². The molecule has 0 saturated heterocycles. The molecule has 2 N–H and O–H groups in total. The van der Waals surface area contributed by atoms with Crippen molar-refractivity contribution in [3.05, 3.63) is 51.8 Å². The lowest BCUT2D eigenvalue weighted by atomic mass is 9.95. The molecule has 0 fully saturated rings. The molecule has 0 aliphatic heterocycles. The summed E-state index contributed by atoms with van der Waals surface area (Å²) in [5.41, 5.74) is 5.84. The third kappa shape index (κ3) is 4.78. The fourth-order valence-corrected chi connectivity index (χ4v) is 5.44. The zero-order valence-electron chi connectivity index (χ0n) is 20.8. The molecule has 3 amide bonds. The summed E-state index contributed by atoms with van der Waals surface area (Å²) in [6.45, 7) is 2.07. The Bertz CT molecular complexity index is 1390. The van der Waals surface area contributed by atoms with Gasteiger partial charge in [-0.15, -0.1) is 0 Å². The fourth-order valence-electron chi connectivity index (χ4n) is 4.12. The summed E-state index contributed by atoms with van der Waals surface area (Å²) < 4.78 is 1.85. The van der Waals surface area contributed by atoms with Crippen molar-refractivity contribution >= 4 is 51.8 Å². The van der Waals surface area contributed by atoms with Crippen molar-refractivity contribution in [3.8, 4) is 16.3 Å². The highest BCUT2D eigenvalue weighted by atomic mass is 35.5. The van der Waals surface area contributed by atoms with E-state index in [9.17, 15) is 9.59 Å². The maximum Gasteiger partial charge on any atom is 0.320 e. The predicted octanol–water partition coefficient (Wildman–Crippen LogP) is 4.69. The third-order valence-corrected chi connectivity index (χ3v) is 7.09. The van der Waals surface area contributed by atoms with Gasteiger partial charge in [0.2, 0.25) is 0 Å². The number of carbonyl (C=O) groups excluding carboxylic acids is 2. The average Bonchev–Trinajstić information content (AvgIpc) is 3.44. The molecule has 3 aromatic rings. The first-order chi connectivity index (χ1) is 17.3. The number of aromatic nitrogens is 3. The molecule has 1 aromatic carbocycles. The Morgan fingerprint density at radius 3 is 2.72 bits per heavy atom. The van der Waals surface area contributed by atoms with E-state index >= 15 is 0 Å². The van der Waals surface area contributed by atoms with Crippen LogP contribution in [0.3, 0.4) is 0 Å². The lowest BCUT2D eigenvalue weighted by Crippen LogP contribution is -2.24. The number of benzene rings is 1. The number of fused-ring (bicyclic) bond motifs is 3. The van der Waals surface area contributed by atoms with Crippen LogP contribution in [0, 0.1) is 0 Å². The number of urea groups is 1. The van der Waals surface area contributed by atoms with Crippen LogP contribution in [0.25, 0.3) is 21.8 Å². The second-order valence-electron chi connectivity index (χ2n) is 8.41. The Labute approximate surface area is 218 Å². The zero-order valence-corrected chi connectivity index (χ0v) is 22.4. The molecule has 1 aliphatic rings. The number of amides is 3. The van der Waals surface area contributed by atoms with Gasteiger partial charge in [0, 0.05) is 45.5 Å². The minimum Gasteiger partial charge on any atom is -0.345 e. The van der Waals surface area contributed by atoms with Gasteiger partial charge in [-0.2, -0.15) is 5.10 Å². The predicted molar refractivity (Wildman–Crippen MR) is 146 cm³/mol. The highest BCUT2D eigenvalue weighted by Crippen LogP contribution is 2.43. The highest BCUT2D eigenvalue weighted by molar-refractivity contribution is 7.19. The summed E-state index contributed by atoms with van der Waals surface area (Å²) in [6, 6.07) is 5.00. The number of carbonyl (C=O) groups is 2. The van der Waals surface area contributed by atoms with Crippen LogP contribution in [0.5, 0.6) is 0 Å². The molecular weight excluding hydrogens is 498 g/mol. The Kier molecular flexibility index (Phi) is 7.56. The molecule has 4 rings (SSSR count). The number of rotatable bonds is 6. The first-order valence-corrected chi connectivity index (χ1v) is 12.7. The lowest BCUT2D eigenvalue weighted by molar-refractivity contribution is 0.0827. The molecule has 0 radical (unpaired) electrons. The van der Waals surface area contributed by atoms with Gasteiger partial charge in [0.05, 0.1) is 38.2 Å². The van der Waals surface area contributed by atoms with Gasteiger partial charge in [0.1, 0.15) is 0 Å². The lowest BCUT2D eigenvalue weighted by Gasteiger charge is -2.15. The standard InChI is InChI=1S/C25H28ClN7O2S/c1-6-7-14(13-27-2)20-17-10-11-19-22(36-25(29-19)30-24(35)28-3)21(17)33(31-20)15-8-9-16(18(26)12-15)23(34)32(4)5/h7-9,12-13H,6,10-11H2,1-5H3,(H2,28,29,30,35)/b14-7+,27-13?.